The summed E-state index contributed by atoms with van der Waals surface area (Å²) in [6.45, 7) is 7.86. The number of hydrogen-bond donors (Lipinski definition) is 3. The van der Waals surface area contributed by atoms with Crippen molar-refractivity contribution in [2.45, 2.75) is 39.4 Å². The van der Waals surface area contributed by atoms with Gasteiger partial charge in [-0.15, -0.1) is 0 Å². The maximum atomic E-state index is 13.1. The molecular weight excluding hydrogens is 524 g/mol. The predicted molar refractivity (Wildman–Crippen MR) is 163 cm³/mol. The Morgan fingerprint density at radius 1 is 0.975 bits per heavy atom. The molecule has 1 saturated heterocycles. The van der Waals surface area contributed by atoms with E-state index in [-0.39, 0.29) is 35.2 Å². The highest BCUT2D eigenvalue weighted by molar-refractivity contribution is 6.33. The van der Waals surface area contributed by atoms with Gasteiger partial charge in [-0.1, -0.05) is 66.2 Å². The van der Waals surface area contributed by atoms with E-state index in [4.69, 9.17) is 11.6 Å². The Bertz CT molecular complexity index is 1540. The lowest BCUT2D eigenvalue weighted by molar-refractivity contribution is 0.262. The van der Waals surface area contributed by atoms with Crippen molar-refractivity contribution in [1.29, 1.82) is 0 Å². The molecule has 0 aliphatic carbocycles. The Hall–Kier alpha value is -4.14. The fourth-order valence-electron chi connectivity index (χ4n) is 5.05. The molecule has 0 spiro atoms. The van der Waals surface area contributed by atoms with Crippen molar-refractivity contribution in [3.8, 4) is 11.1 Å². The normalized spacial score (nSPS) is 16.9. The summed E-state index contributed by atoms with van der Waals surface area (Å²) in [4.78, 5) is 28.0. The molecule has 0 bridgehead atoms. The van der Waals surface area contributed by atoms with Crippen LogP contribution in [0.3, 0.4) is 0 Å². The van der Waals surface area contributed by atoms with Crippen molar-refractivity contribution >= 4 is 34.7 Å². The summed E-state index contributed by atoms with van der Waals surface area (Å²) in [5, 5.41) is 13.9. The van der Waals surface area contributed by atoms with Crippen LogP contribution >= 0.6 is 11.6 Å². The minimum atomic E-state index is -0.352. The molecule has 8 nitrogen and oxygen atoms in total. The summed E-state index contributed by atoms with van der Waals surface area (Å²) < 4.78 is 1.35. The van der Waals surface area contributed by atoms with Gasteiger partial charge in [0, 0.05) is 36.5 Å². The van der Waals surface area contributed by atoms with Crippen molar-refractivity contribution in [3.63, 3.8) is 0 Å². The van der Waals surface area contributed by atoms with E-state index in [0.717, 1.165) is 35.3 Å². The number of nitrogens with zero attached hydrogens (tertiary/aromatic N) is 3. The SMILES string of the molecule is Cc1ccc(Cn2ncc(N3C[C@@H](C)N[C@@H](C)C3)c(Cl)c2=O)cc1NC(=O)Nc1ccc(-c2ccccc2)cc1. The maximum absolute atomic E-state index is 13.1. The number of aryl methyl sites for hydroxylation is 1. The fraction of sp³-hybridized carbons (Fsp3) is 0.258. The van der Waals surface area contributed by atoms with Gasteiger partial charge in [-0.3, -0.25) is 4.79 Å². The molecule has 0 radical (unpaired) electrons. The summed E-state index contributed by atoms with van der Waals surface area (Å²) in [5.74, 6) is 0. The first-order valence-electron chi connectivity index (χ1n) is 13.4. The predicted octanol–water partition coefficient (Wildman–Crippen LogP) is 5.75. The Morgan fingerprint density at radius 3 is 2.35 bits per heavy atom. The minimum Gasteiger partial charge on any atom is -0.366 e. The van der Waals surface area contributed by atoms with Gasteiger partial charge < -0.3 is 20.9 Å². The topological polar surface area (TPSA) is 91.3 Å². The fourth-order valence-corrected chi connectivity index (χ4v) is 5.32. The number of carbonyl (C=O) groups is 1. The van der Waals surface area contributed by atoms with E-state index in [0.29, 0.717) is 17.1 Å². The van der Waals surface area contributed by atoms with Gasteiger partial charge in [-0.2, -0.15) is 5.10 Å². The van der Waals surface area contributed by atoms with Crippen molar-refractivity contribution in [2.75, 3.05) is 28.6 Å². The number of halogens is 1. The summed E-state index contributed by atoms with van der Waals surface area (Å²) in [6, 6.07) is 23.6. The number of piperazine rings is 1. The number of hydrogen-bond acceptors (Lipinski definition) is 5. The summed E-state index contributed by atoms with van der Waals surface area (Å²) in [7, 11) is 0. The van der Waals surface area contributed by atoms with Crippen LogP contribution in [0.15, 0.2) is 83.8 Å². The molecule has 5 rings (SSSR count). The third kappa shape index (κ3) is 6.35. The van der Waals surface area contributed by atoms with E-state index in [9.17, 15) is 9.59 Å². The number of rotatable bonds is 6. The Morgan fingerprint density at radius 2 is 1.65 bits per heavy atom. The zero-order chi connectivity index (χ0) is 28.2. The van der Waals surface area contributed by atoms with Crippen molar-refractivity contribution in [1.82, 2.24) is 15.1 Å². The molecule has 0 saturated carbocycles. The van der Waals surface area contributed by atoms with Crippen LogP contribution in [-0.2, 0) is 6.54 Å². The summed E-state index contributed by atoms with van der Waals surface area (Å²) >= 11 is 6.54. The molecule has 3 N–H and O–H groups in total. The van der Waals surface area contributed by atoms with Gasteiger partial charge in [0.2, 0.25) is 0 Å². The first-order chi connectivity index (χ1) is 19.3. The Kier molecular flexibility index (Phi) is 8.19. The second-order valence-electron chi connectivity index (χ2n) is 10.4. The molecule has 1 fully saturated rings. The lowest BCUT2D eigenvalue weighted by Gasteiger charge is -2.37. The second kappa shape index (κ2) is 11.9. The van der Waals surface area contributed by atoms with Crippen molar-refractivity contribution in [2.24, 2.45) is 0 Å². The molecular formula is C31H33ClN6O2. The standard InChI is InChI=1S/C31H33ClN6O2/c1-20-9-10-23(19-38-30(39)29(32)28(16-33-38)37-17-21(2)34-22(3)18-37)15-27(20)36-31(40)35-26-13-11-25(12-14-26)24-7-5-4-6-8-24/h4-16,21-22,34H,17-19H2,1-3H3,(H2,35,36,40)/t21-,22+. The first kappa shape index (κ1) is 27.4. The summed E-state index contributed by atoms with van der Waals surface area (Å²) in [5.41, 5.74) is 5.55. The molecule has 206 valence electrons. The molecule has 1 aromatic heterocycles. The minimum absolute atomic E-state index is 0.166. The Balaban J connectivity index is 1.26. The number of nitrogens with one attached hydrogen (secondary N) is 3. The van der Waals surface area contributed by atoms with E-state index < -0.39 is 0 Å². The van der Waals surface area contributed by atoms with Gasteiger partial charge in [-0.25, -0.2) is 9.48 Å². The monoisotopic (exact) mass is 556 g/mol. The number of urea groups is 1. The van der Waals surface area contributed by atoms with Crippen LogP contribution in [0.2, 0.25) is 5.02 Å². The lowest BCUT2D eigenvalue weighted by atomic mass is 10.1. The highest BCUT2D eigenvalue weighted by Gasteiger charge is 2.24. The van der Waals surface area contributed by atoms with Gasteiger partial charge in [0.25, 0.3) is 5.56 Å². The van der Waals surface area contributed by atoms with Crippen LogP contribution in [0.4, 0.5) is 21.9 Å². The van der Waals surface area contributed by atoms with E-state index in [1.54, 1.807) is 6.20 Å². The number of carbonyl (C=O) groups excluding carboxylic acids is 1. The number of amides is 2. The van der Waals surface area contributed by atoms with E-state index in [1.165, 1.54) is 4.68 Å². The quantitative estimate of drug-likeness (QED) is 0.281. The largest absolute Gasteiger partial charge is 0.366 e. The van der Waals surface area contributed by atoms with Gasteiger partial charge in [0.1, 0.15) is 5.02 Å². The van der Waals surface area contributed by atoms with Gasteiger partial charge in [0.05, 0.1) is 18.4 Å². The number of aromatic nitrogens is 2. The third-order valence-corrected chi connectivity index (χ3v) is 7.35. The van der Waals surface area contributed by atoms with Crippen LogP contribution in [0.25, 0.3) is 11.1 Å². The van der Waals surface area contributed by atoms with Crippen LogP contribution in [0, 0.1) is 6.92 Å². The van der Waals surface area contributed by atoms with Crippen LogP contribution in [-0.4, -0.2) is 41.0 Å². The second-order valence-corrected chi connectivity index (χ2v) is 10.7. The van der Waals surface area contributed by atoms with Gasteiger partial charge >= 0.3 is 6.03 Å². The lowest BCUT2D eigenvalue weighted by Crippen LogP contribution is -2.54. The molecule has 3 aromatic carbocycles. The van der Waals surface area contributed by atoms with Crippen molar-refractivity contribution < 1.29 is 4.79 Å². The first-order valence-corrected chi connectivity index (χ1v) is 13.7. The average molecular weight is 557 g/mol. The molecule has 1 aliphatic heterocycles. The highest BCUT2D eigenvalue weighted by Crippen LogP contribution is 2.25. The molecule has 0 unspecified atom stereocenters. The number of anilines is 3. The maximum Gasteiger partial charge on any atom is 0.323 e. The van der Waals surface area contributed by atoms with Gasteiger partial charge in [-0.05, 0) is 61.2 Å². The smallest absolute Gasteiger partial charge is 0.323 e. The zero-order valence-electron chi connectivity index (χ0n) is 22.8. The molecule has 2 amide bonds. The van der Waals surface area contributed by atoms with E-state index >= 15 is 0 Å². The molecule has 1 aliphatic rings. The molecule has 2 heterocycles. The average Bonchev–Trinajstić information content (AvgIpc) is 2.93. The Labute approximate surface area is 239 Å². The molecule has 9 heteroatoms. The van der Waals surface area contributed by atoms with E-state index in [2.05, 4.69) is 39.8 Å². The van der Waals surface area contributed by atoms with Crippen LogP contribution < -0.4 is 26.4 Å². The molecule has 4 aromatic rings. The third-order valence-electron chi connectivity index (χ3n) is 7.00. The van der Waals surface area contributed by atoms with Crippen LogP contribution in [0.5, 0.6) is 0 Å². The molecule has 40 heavy (non-hydrogen) atoms. The van der Waals surface area contributed by atoms with Crippen LogP contribution in [0.1, 0.15) is 25.0 Å². The highest BCUT2D eigenvalue weighted by atomic mass is 35.5. The van der Waals surface area contributed by atoms with Crippen molar-refractivity contribution in [3.05, 3.63) is 105 Å². The van der Waals surface area contributed by atoms with Gasteiger partial charge in [0.15, 0.2) is 0 Å². The zero-order valence-corrected chi connectivity index (χ0v) is 23.6. The van der Waals surface area contributed by atoms with E-state index in [1.807, 2.05) is 79.7 Å². The number of benzene rings is 3. The summed E-state index contributed by atoms with van der Waals surface area (Å²) in [6.07, 6.45) is 1.67. The molecule has 2 atom stereocenters.